The number of anilines is 1. The maximum absolute atomic E-state index is 12.8. The molecule has 1 aromatic carbocycles. The Balaban J connectivity index is 0.00000243. The monoisotopic (exact) mass is 401 g/mol. The minimum absolute atomic E-state index is 0. The molecule has 0 spiro atoms. The lowest BCUT2D eigenvalue weighted by Gasteiger charge is -2.32. The molecule has 26 heavy (non-hydrogen) atoms. The minimum atomic E-state index is -3.25. The molecule has 0 aromatic heterocycles. The van der Waals surface area contributed by atoms with E-state index >= 15 is 0 Å². The van der Waals surface area contributed by atoms with Gasteiger partial charge in [0, 0.05) is 25.2 Å². The molecule has 1 saturated heterocycles. The predicted molar refractivity (Wildman–Crippen MR) is 107 cm³/mol. The van der Waals surface area contributed by atoms with Crippen molar-refractivity contribution in [2.75, 3.05) is 43.3 Å². The highest BCUT2D eigenvalue weighted by molar-refractivity contribution is 7.92. The number of amides is 1. The number of nitrogens with one attached hydrogen (secondary N) is 1. The number of hydrogen-bond donors (Lipinski definition) is 1. The summed E-state index contributed by atoms with van der Waals surface area (Å²) in [6.45, 7) is 6.17. The number of benzene rings is 1. The molecule has 8 heteroatoms. The minimum Gasteiger partial charge on any atom is -0.339 e. The third kappa shape index (κ3) is 4.50. The van der Waals surface area contributed by atoms with Crippen LogP contribution in [0.3, 0.4) is 0 Å². The fourth-order valence-electron chi connectivity index (χ4n) is 3.72. The van der Waals surface area contributed by atoms with Crippen LogP contribution in [-0.2, 0) is 16.4 Å². The standard InChI is InChI=1S/C18H27N3O3S.ClH/c1-3-19-13-14-6-9-20(10-7-14)18(22)16-4-5-17-15(12-16)8-11-21(17)25(2,23)24;/h4-5,12,14,19H,3,6-11,13H2,1-2H3;1H. The summed E-state index contributed by atoms with van der Waals surface area (Å²) in [6.07, 6.45) is 3.95. The van der Waals surface area contributed by atoms with E-state index < -0.39 is 10.0 Å². The van der Waals surface area contributed by atoms with Crippen molar-refractivity contribution in [1.82, 2.24) is 10.2 Å². The summed E-state index contributed by atoms with van der Waals surface area (Å²) in [4.78, 5) is 14.7. The fraction of sp³-hybridized carbons (Fsp3) is 0.611. The van der Waals surface area contributed by atoms with Crippen LogP contribution in [0, 0.1) is 5.92 Å². The lowest BCUT2D eigenvalue weighted by molar-refractivity contribution is 0.0690. The largest absolute Gasteiger partial charge is 0.339 e. The summed E-state index contributed by atoms with van der Waals surface area (Å²) in [5, 5.41) is 3.38. The first-order valence-corrected chi connectivity index (χ1v) is 10.9. The summed E-state index contributed by atoms with van der Waals surface area (Å²) in [5.74, 6) is 0.704. The van der Waals surface area contributed by atoms with Crippen LogP contribution >= 0.6 is 12.4 Å². The molecule has 2 heterocycles. The van der Waals surface area contributed by atoms with Gasteiger partial charge < -0.3 is 10.2 Å². The highest BCUT2D eigenvalue weighted by Gasteiger charge is 2.28. The van der Waals surface area contributed by atoms with Crippen molar-refractivity contribution in [3.05, 3.63) is 29.3 Å². The number of piperidine rings is 1. The van der Waals surface area contributed by atoms with E-state index in [1.54, 1.807) is 12.1 Å². The molecule has 2 aliphatic heterocycles. The van der Waals surface area contributed by atoms with Gasteiger partial charge in [0.15, 0.2) is 0 Å². The Hall–Kier alpha value is -1.31. The van der Waals surface area contributed by atoms with Crippen LogP contribution in [0.25, 0.3) is 0 Å². The molecule has 0 saturated carbocycles. The van der Waals surface area contributed by atoms with Crippen molar-refractivity contribution < 1.29 is 13.2 Å². The van der Waals surface area contributed by atoms with Gasteiger partial charge in [-0.25, -0.2) is 8.42 Å². The zero-order chi connectivity index (χ0) is 18.0. The van der Waals surface area contributed by atoms with Gasteiger partial charge in [-0.05, 0) is 62.0 Å². The fourth-order valence-corrected chi connectivity index (χ4v) is 4.68. The summed E-state index contributed by atoms with van der Waals surface area (Å²) in [6, 6.07) is 5.40. The predicted octanol–water partition coefficient (Wildman–Crippen LogP) is 1.89. The molecule has 1 aromatic rings. The number of halogens is 1. The number of carbonyl (C=O) groups excluding carboxylic acids is 1. The second kappa shape index (κ2) is 8.59. The van der Waals surface area contributed by atoms with E-state index in [4.69, 9.17) is 0 Å². The Morgan fingerprint density at radius 2 is 1.92 bits per heavy atom. The maximum Gasteiger partial charge on any atom is 0.253 e. The van der Waals surface area contributed by atoms with Gasteiger partial charge in [0.1, 0.15) is 0 Å². The molecule has 0 atom stereocenters. The van der Waals surface area contributed by atoms with Gasteiger partial charge in [-0.3, -0.25) is 9.10 Å². The van der Waals surface area contributed by atoms with Crippen LogP contribution in [0.15, 0.2) is 18.2 Å². The lowest BCUT2D eigenvalue weighted by atomic mass is 9.96. The second-order valence-corrected chi connectivity index (χ2v) is 8.88. The van der Waals surface area contributed by atoms with Gasteiger partial charge in [0.05, 0.1) is 11.9 Å². The summed E-state index contributed by atoms with van der Waals surface area (Å²) in [7, 11) is -3.25. The van der Waals surface area contributed by atoms with Crippen molar-refractivity contribution in [1.29, 1.82) is 0 Å². The number of nitrogens with zero attached hydrogens (tertiary/aromatic N) is 2. The topological polar surface area (TPSA) is 69.7 Å². The van der Waals surface area contributed by atoms with Gasteiger partial charge in [-0.1, -0.05) is 6.92 Å². The smallest absolute Gasteiger partial charge is 0.253 e. The molecule has 1 N–H and O–H groups in total. The molecule has 0 aliphatic carbocycles. The first kappa shape index (κ1) is 21.0. The number of sulfonamides is 1. The van der Waals surface area contributed by atoms with E-state index in [2.05, 4.69) is 12.2 Å². The first-order chi connectivity index (χ1) is 11.9. The van der Waals surface area contributed by atoms with E-state index in [1.165, 1.54) is 10.6 Å². The summed E-state index contributed by atoms with van der Waals surface area (Å²) < 4.78 is 25.0. The normalized spacial score (nSPS) is 17.8. The van der Waals surface area contributed by atoms with Crippen LogP contribution in [-0.4, -0.2) is 58.2 Å². The molecule has 1 fully saturated rings. The number of likely N-dealkylation sites (tertiary alicyclic amines) is 1. The molecule has 2 aliphatic rings. The number of hydrogen-bond acceptors (Lipinski definition) is 4. The highest BCUT2D eigenvalue weighted by Crippen LogP contribution is 2.31. The van der Waals surface area contributed by atoms with Crippen molar-refractivity contribution >= 4 is 34.0 Å². The van der Waals surface area contributed by atoms with E-state index in [-0.39, 0.29) is 18.3 Å². The van der Waals surface area contributed by atoms with Gasteiger partial charge in [-0.2, -0.15) is 0 Å². The summed E-state index contributed by atoms with van der Waals surface area (Å²) >= 11 is 0. The van der Waals surface area contributed by atoms with E-state index in [9.17, 15) is 13.2 Å². The Labute approximate surface area is 162 Å². The quantitative estimate of drug-likeness (QED) is 0.818. The van der Waals surface area contributed by atoms with E-state index in [0.29, 0.717) is 30.1 Å². The maximum atomic E-state index is 12.8. The SMILES string of the molecule is CCNCC1CCN(C(=O)c2ccc3c(c2)CCN3S(C)(=O)=O)CC1.Cl. The molecular weight excluding hydrogens is 374 g/mol. The third-order valence-electron chi connectivity index (χ3n) is 5.16. The van der Waals surface area contributed by atoms with Gasteiger partial charge in [0.2, 0.25) is 10.0 Å². The average molecular weight is 402 g/mol. The molecule has 0 radical (unpaired) electrons. The van der Waals surface area contributed by atoms with Crippen LogP contribution in [0.2, 0.25) is 0 Å². The van der Waals surface area contributed by atoms with Crippen LogP contribution in [0.1, 0.15) is 35.7 Å². The van der Waals surface area contributed by atoms with Crippen LogP contribution < -0.4 is 9.62 Å². The summed E-state index contributed by atoms with van der Waals surface area (Å²) in [5.41, 5.74) is 2.32. The van der Waals surface area contributed by atoms with Crippen LogP contribution in [0.5, 0.6) is 0 Å². The van der Waals surface area contributed by atoms with Gasteiger partial charge >= 0.3 is 0 Å². The van der Waals surface area contributed by atoms with Crippen molar-refractivity contribution in [2.24, 2.45) is 5.92 Å². The molecule has 0 unspecified atom stereocenters. The third-order valence-corrected chi connectivity index (χ3v) is 6.34. The number of rotatable bonds is 5. The Bertz CT molecular complexity index is 746. The zero-order valence-electron chi connectivity index (χ0n) is 15.4. The van der Waals surface area contributed by atoms with Crippen molar-refractivity contribution in [2.45, 2.75) is 26.2 Å². The molecule has 1 amide bonds. The molecular formula is C18H28ClN3O3S. The van der Waals surface area contributed by atoms with Gasteiger partial charge in [0.25, 0.3) is 5.91 Å². The van der Waals surface area contributed by atoms with Gasteiger partial charge in [-0.15, -0.1) is 12.4 Å². The number of fused-ring (bicyclic) bond motifs is 1. The van der Waals surface area contributed by atoms with Crippen molar-refractivity contribution in [3.8, 4) is 0 Å². The second-order valence-electron chi connectivity index (χ2n) is 6.97. The molecule has 146 valence electrons. The lowest BCUT2D eigenvalue weighted by Crippen LogP contribution is -2.40. The average Bonchev–Trinajstić information content (AvgIpc) is 3.03. The molecule has 0 bridgehead atoms. The Morgan fingerprint density at radius 1 is 1.23 bits per heavy atom. The van der Waals surface area contributed by atoms with Crippen LogP contribution in [0.4, 0.5) is 5.69 Å². The van der Waals surface area contributed by atoms with E-state index in [0.717, 1.165) is 44.6 Å². The molecule has 6 nitrogen and oxygen atoms in total. The Morgan fingerprint density at radius 3 is 2.54 bits per heavy atom. The number of carbonyl (C=O) groups is 1. The Kier molecular flexibility index (Phi) is 6.93. The van der Waals surface area contributed by atoms with Crippen molar-refractivity contribution in [3.63, 3.8) is 0 Å². The zero-order valence-corrected chi connectivity index (χ0v) is 17.0. The highest BCUT2D eigenvalue weighted by atomic mass is 35.5. The first-order valence-electron chi connectivity index (χ1n) is 9.00. The van der Waals surface area contributed by atoms with E-state index in [1.807, 2.05) is 11.0 Å². The molecule has 3 rings (SSSR count).